The van der Waals surface area contributed by atoms with Crippen molar-refractivity contribution in [2.24, 2.45) is 0 Å². The van der Waals surface area contributed by atoms with Crippen LogP contribution in [0.25, 0.3) is 0 Å². The molecular formula is C13H22BrN3. The van der Waals surface area contributed by atoms with Gasteiger partial charge in [0, 0.05) is 12.2 Å². The molecular weight excluding hydrogens is 278 g/mol. The average Bonchev–Trinajstić information content (AvgIpc) is 2.50. The van der Waals surface area contributed by atoms with Gasteiger partial charge in [-0.1, -0.05) is 12.8 Å². The third-order valence-electron chi connectivity index (χ3n) is 3.40. The van der Waals surface area contributed by atoms with E-state index in [2.05, 4.69) is 50.4 Å². The molecule has 0 atom stereocenters. The van der Waals surface area contributed by atoms with E-state index in [1.165, 1.54) is 44.6 Å². The second-order valence-electron chi connectivity index (χ2n) is 5.17. The molecule has 0 bridgehead atoms. The minimum Gasteiger partial charge on any atom is -0.330 e. The van der Waals surface area contributed by atoms with Gasteiger partial charge in [0.1, 0.15) is 10.4 Å². The molecule has 0 unspecified atom stereocenters. The summed E-state index contributed by atoms with van der Waals surface area (Å²) in [6, 6.07) is 0.482. The van der Waals surface area contributed by atoms with Gasteiger partial charge in [0.2, 0.25) is 0 Å². The molecule has 4 heteroatoms. The lowest BCUT2D eigenvalue weighted by Gasteiger charge is -2.20. The SMILES string of the molecule is CC(C)n1cc(Br)nc1CN1CCCCCC1. The quantitative estimate of drug-likeness (QED) is 0.850. The number of nitrogens with zero attached hydrogens (tertiary/aromatic N) is 3. The molecule has 1 aromatic rings. The Bertz CT molecular complexity index is 352. The van der Waals surface area contributed by atoms with Crippen LogP contribution in [0.1, 0.15) is 51.4 Å². The summed E-state index contributed by atoms with van der Waals surface area (Å²) in [5.74, 6) is 1.19. The van der Waals surface area contributed by atoms with Crippen LogP contribution in [0.2, 0.25) is 0 Å². The Balaban J connectivity index is 2.06. The Morgan fingerprint density at radius 2 is 1.88 bits per heavy atom. The van der Waals surface area contributed by atoms with Gasteiger partial charge < -0.3 is 4.57 Å². The topological polar surface area (TPSA) is 21.1 Å². The number of rotatable bonds is 3. The van der Waals surface area contributed by atoms with E-state index in [0.717, 1.165) is 11.1 Å². The summed E-state index contributed by atoms with van der Waals surface area (Å²) < 4.78 is 3.23. The molecule has 1 saturated heterocycles. The highest BCUT2D eigenvalue weighted by Crippen LogP contribution is 2.18. The predicted molar refractivity (Wildman–Crippen MR) is 74.1 cm³/mol. The molecule has 0 saturated carbocycles. The zero-order chi connectivity index (χ0) is 12.3. The second kappa shape index (κ2) is 6.01. The normalized spacial score (nSPS) is 18.6. The molecule has 2 rings (SSSR count). The third-order valence-corrected chi connectivity index (χ3v) is 3.78. The van der Waals surface area contributed by atoms with E-state index in [0.29, 0.717) is 6.04 Å². The van der Waals surface area contributed by atoms with Crippen LogP contribution >= 0.6 is 15.9 Å². The van der Waals surface area contributed by atoms with E-state index in [9.17, 15) is 0 Å². The summed E-state index contributed by atoms with van der Waals surface area (Å²) in [7, 11) is 0. The van der Waals surface area contributed by atoms with Crippen LogP contribution in [-0.4, -0.2) is 27.5 Å². The Hall–Kier alpha value is -0.350. The highest BCUT2D eigenvalue weighted by atomic mass is 79.9. The number of likely N-dealkylation sites (tertiary alicyclic amines) is 1. The molecule has 1 aromatic heterocycles. The predicted octanol–water partition coefficient (Wildman–Crippen LogP) is 3.60. The van der Waals surface area contributed by atoms with Gasteiger partial charge in [-0.05, 0) is 55.7 Å². The molecule has 96 valence electrons. The van der Waals surface area contributed by atoms with Gasteiger partial charge in [-0.25, -0.2) is 4.98 Å². The number of hydrogen-bond donors (Lipinski definition) is 0. The van der Waals surface area contributed by atoms with Crippen LogP contribution in [0, 0.1) is 0 Å². The van der Waals surface area contributed by atoms with E-state index in [-0.39, 0.29) is 0 Å². The lowest BCUT2D eigenvalue weighted by Crippen LogP contribution is -2.26. The van der Waals surface area contributed by atoms with E-state index in [1.54, 1.807) is 0 Å². The van der Waals surface area contributed by atoms with Gasteiger partial charge in [0.15, 0.2) is 0 Å². The van der Waals surface area contributed by atoms with Crippen LogP contribution in [0.5, 0.6) is 0 Å². The van der Waals surface area contributed by atoms with E-state index in [1.807, 2.05) is 0 Å². The number of hydrogen-bond acceptors (Lipinski definition) is 2. The van der Waals surface area contributed by atoms with Crippen LogP contribution in [0.4, 0.5) is 0 Å². The summed E-state index contributed by atoms with van der Waals surface area (Å²) >= 11 is 3.48. The van der Waals surface area contributed by atoms with Crippen molar-refractivity contribution in [3.8, 4) is 0 Å². The first kappa shape index (κ1) is 13.1. The standard InChI is InChI=1S/C13H22BrN3/c1-11(2)17-9-12(14)15-13(17)10-16-7-5-3-4-6-8-16/h9,11H,3-8,10H2,1-2H3. The van der Waals surface area contributed by atoms with Gasteiger partial charge in [-0.3, -0.25) is 4.90 Å². The van der Waals surface area contributed by atoms with E-state index >= 15 is 0 Å². The number of imidazole rings is 1. The Labute approximate surface area is 112 Å². The molecule has 0 amide bonds. The first-order valence-corrected chi connectivity index (χ1v) is 7.41. The molecule has 0 aromatic carbocycles. The van der Waals surface area contributed by atoms with Crippen molar-refractivity contribution in [1.82, 2.24) is 14.5 Å². The smallest absolute Gasteiger partial charge is 0.124 e. The molecule has 0 radical (unpaired) electrons. The highest BCUT2D eigenvalue weighted by Gasteiger charge is 2.14. The first-order chi connectivity index (χ1) is 8.16. The summed E-state index contributed by atoms with van der Waals surface area (Å²) in [4.78, 5) is 7.14. The fourth-order valence-corrected chi connectivity index (χ4v) is 2.88. The fourth-order valence-electron chi connectivity index (χ4n) is 2.46. The maximum Gasteiger partial charge on any atom is 0.124 e. The summed E-state index contributed by atoms with van der Waals surface area (Å²) in [6.07, 6.45) is 7.54. The van der Waals surface area contributed by atoms with Crippen molar-refractivity contribution in [3.63, 3.8) is 0 Å². The zero-order valence-corrected chi connectivity index (χ0v) is 12.4. The molecule has 2 heterocycles. The zero-order valence-electron chi connectivity index (χ0n) is 10.8. The number of aromatic nitrogens is 2. The lowest BCUT2D eigenvalue weighted by atomic mass is 10.2. The van der Waals surface area contributed by atoms with Gasteiger partial charge in [-0.2, -0.15) is 0 Å². The maximum absolute atomic E-state index is 4.59. The summed E-state index contributed by atoms with van der Waals surface area (Å²) in [5.41, 5.74) is 0. The summed E-state index contributed by atoms with van der Waals surface area (Å²) in [5, 5.41) is 0. The fraction of sp³-hybridized carbons (Fsp3) is 0.769. The molecule has 1 aliphatic heterocycles. The monoisotopic (exact) mass is 299 g/mol. The van der Waals surface area contributed by atoms with Gasteiger partial charge in [0.05, 0.1) is 6.54 Å². The molecule has 0 spiro atoms. The summed E-state index contributed by atoms with van der Waals surface area (Å²) in [6.45, 7) is 7.86. The Kier molecular flexibility index (Phi) is 4.62. The molecule has 1 fully saturated rings. The van der Waals surface area contributed by atoms with Crippen molar-refractivity contribution in [3.05, 3.63) is 16.6 Å². The highest BCUT2D eigenvalue weighted by molar-refractivity contribution is 9.10. The third kappa shape index (κ3) is 3.55. The van der Waals surface area contributed by atoms with Crippen molar-refractivity contribution >= 4 is 15.9 Å². The minimum absolute atomic E-state index is 0.482. The van der Waals surface area contributed by atoms with Gasteiger partial charge in [-0.15, -0.1) is 0 Å². The minimum atomic E-state index is 0.482. The average molecular weight is 300 g/mol. The molecule has 17 heavy (non-hydrogen) atoms. The first-order valence-electron chi connectivity index (χ1n) is 6.62. The van der Waals surface area contributed by atoms with Gasteiger partial charge in [0.25, 0.3) is 0 Å². The Morgan fingerprint density at radius 1 is 1.24 bits per heavy atom. The van der Waals surface area contributed by atoms with Crippen LogP contribution in [0.3, 0.4) is 0 Å². The Morgan fingerprint density at radius 3 is 2.47 bits per heavy atom. The van der Waals surface area contributed by atoms with Gasteiger partial charge >= 0.3 is 0 Å². The van der Waals surface area contributed by atoms with Crippen molar-refractivity contribution in [1.29, 1.82) is 0 Å². The van der Waals surface area contributed by atoms with Crippen molar-refractivity contribution in [2.75, 3.05) is 13.1 Å². The number of halogens is 1. The van der Waals surface area contributed by atoms with Crippen LogP contribution in [-0.2, 0) is 6.54 Å². The largest absolute Gasteiger partial charge is 0.330 e. The second-order valence-corrected chi connectivity index (χ2v) is 5.98. The molecule has 3 nitrogen and oxygen atoms in total. The maximum atomic E-state index is 4.59. The lowest BCUT2D eigenvalue weighted by molar-refractivity contribution is 0.264. The van der Waals surface area contributed by atoms with Crippen molar-refractivity contribution in [2.45, 2.75) is 52.1 Å². The van der Waals surface area contributed by atoms with E-state index in [4.69, 9.17) is 0 Å². The van der Waals surface area contributed by atoms with E-state index < -0.39 is 0 Å². The van der Waals surface area contributed by atoms with Crippen molar-refractivity contribution < 1.29 is 0 Å². The van der Waals surface area contributed by atoms with Crippen LogP contribution < -0.4 is 0 Å². The molecule has 1 aliphatic rings. The molecule has 0 aliphatic carbocycles. The molecule has 0 N–H and O–H groups in total. The van der Waals surface area contributed by atoms with Crippen LogP contribution in [0.15, 0.2) is 10.8 Å².